The van der Waals surface area contributed by atoms with Gasteiger partial charge in [-0.25, -0.2) is 0 Å². The smallest absolute Gasteiger partial charge is 0.198 e. The summed E-state index contributed by atoms with van der Waals surface area (Å²) in [5.41, 5.74) is -0.526. The quantitative estimate of drug-likeness (QED) is 0.513. The predicted octanol–water partition coefficient (Wildman–Crippen LogP) is 3.82. The zero-order valence-corrected chi connectivity index (χ0v) is 14.3. The Labute approximate surface area is 157 Å². The van der Waals surface area contributed by atoms with Crippen LogP contribution in [-0.2, 0) is 0 Å². The van der Waals surface area contributed by atoms with Crippen molar-refractivity contribution in [2.45, 2.75) is 0 Å². The molecule has 0 bridgehead atoms. The second kappa shape index (κ2) is 6.53. The molecule has 0 heterocycles. The lowest BCUT2D eigenvalue weighted by molar-refractivity contribution is 0.0977. The molecule has 0 aliphatic heterocycles. The van der Waals surface area contributed by atoms with E-state index >= 15 is 0 Å². The van der Waals surface area contributed by atoms with Gasteiger partial charge in [-0.15, -0.1) is 0 Å². The maximum absolute atomic E-state index is 12.9. The zero-order chi connectivity index (χ0) is 19.0. The number of hydrogen-bond acceptors (Lipinski definition) is 6. The lowest BCUT2D eigenvalue weighted by atomic mass is 9.82. The third-order valence-electron chi connectivity index (χ3n) is 3.83. The molecule has 0 saturated heterocycles. The summed E-state index contributed by atoms with van der Waals surface area (Å²) in [5.74, 6) is -1.73. The van der Waals surface area contributed by atoms with Crippen LogP contribution in [0.15, 0.2) is 36.0 Å². The van der Waals surface area contributed by atoms with Gasteiger partial charge in [0.05, 0.1) is 21.8 Å². The monoisotopic (exact) mass is 383 g/mol. The zero-order valence-electron chi connectivity index (χ0n) is 12.8. The molecule has 0 saturated carbocycles. The number of aromatic hydroxyl groups is 1. The van der Waals surface area contributed by atoms with E-state index in [0.29, 0.717) is 0 Å². The van der Waals surface area contributed by atoms with Crippen LogP contribution in [0.1, 0.15) is 31.8 Å². The van der Waals surface area contributed by atoms with Crippen LogP contribution >= 0.6 is 23.2 Å². The van der Waals surface area contributed by atoms with E-state index in [1.54, 1.807) is 24.3 Å². The van der Waals surface area contributed by atoms with E-state index in [-0.39, 0.29) is 43.6 Å². The second-order valence-electron chi connectivity index (χ2n) is 5.23. The molecule has 1 aliphatic rings. The maximum Gasteiger partial charge on any atom is 0.198 e. The van der Waals surface area contributed by atoms with Gasteiger partial charge in [0.25, 0.3) is 0 Å². The summed E-state index contributed by atoms with van der Waals surface area (Å²) in [7, 11) is 0. The molecule has 3 rings (SSSR count). The Hall–Kier alpha value is -3.32. The van der Waals surface area contributed by atoms with E-state index < -0.39 is 17.3 Å². The molecule has 8 heteroatoms. The van der Waals surface area contributed by atoms with Crippen LogP contribution in [0.2, 0.25) is 10.0 Å². The summed E-state index contributed by atoms with van der Waals surface area (Å²) >= 11 is 12.1. The van der Waals surface area contributed by atoms with Crippen LogP contribution in [0.25, 0.3) is 0 Å². The molecule has 0 unspecified atom stereocenters. The fourth-order valence-electron chi connectivity index (χ4n) is 2.64. The average Bonchev–Trinajstić information content (AvgIpc) is 2.66. The Bertz CT molecular complexity index is 1090. The first-order chi connectivity index (χ1) is 12.4. The minimum absolute atomic E-state index is 0.0691. The van der Waals surface area contributed by atoms with Gasteiger partial charge in [-0.1, -0.05) is 47.5 Å². The number of ketones is 2. The summed E-state index contributed by atoms with van der Waals surface area (Å²) in [6.07, 6.45) is 1.03. The molecular weight excluding hydrogens is 377 g/mol. The van der Waals surface area contributed by atoms with E-state index in [1.807, 2.05) is 0 Å². The third kappa shape index (κ3) is 2.49. The van der Waals surface area contributed by atoms with Gasteiger partial charge >= 0.3 is 0 Å². The molecule has 0 atom stereocenters. The van der Waals surface area contributed by atoms with Crippen LogP contribution < -0.4 is 5.32 Å². The molecule has 0 radical (unpaired) electrons. The van der Waals surface area contributed by atoms with Gasteiger partial charge in [0, 0.05) is 17.3 Å². The minimum atomic E-state index is -0.602. The molecule has 0 aromatic heterocycles. The van der Waals surface area contributed by atoms with Gasteiger partial charge < -0.3 is 10.4 Å². The van der Waals surface area contributed by atoms with E-state index in [0.717, 1.165) is 6.20 Å². The molecule has 126 valence electrons. The standard InChI is InChI=1S/C18H7Cl2N3O3/c19-13-14(20)18(26)12-11(15(13)23-7-8(5-21)6-22)16(24)9-3-1-2-4-10(9)17(12)25/h1-4,7,23,26H. The Morgan fingerprint density at radius 2 is 1.54 bits per heavy atom. The molecule has 2 aromatic rings. The second-order valence-corrected chi connectivity index (χ2v) is 5.99. The van der Waals surface area contributed by atoms with Gasteiger partial charge in [-0.3, -0.25) is 9.59 Å². The van der Waals surface area contributed by atoms with Crippen LogP contribution in [0, 0.1) is 22.7 Å². The van der Waals surface area contributed by atoms with Crippen LogP contribution in [-0.4, -0.2) is 16.7 Å². The number of rotatable bonds is 2. The maximum atomic E-state index is 12.9. The van der Waals surface area contributed by atoms with E-state index in [4.69, 9.17) is 33.7 Å². The summed E-state index contributed by atoms with van der Waals surface area (Å²) in [5, 5.41) is 30.0. The summed E-state index contributed by atoms with van der Waals surface area (Å²) in [6.45, 7) is 0. The van der Waals surface area contributed by atoms with Gasteiger partial charge in [-0.2, -0.15) is 10.5 Å². The Kier molecular flexibility index (Phi) is 4.40. The number of carbonyl (C=O) groups excluding carboxylic acids is 2. The number of benzene rings is 2. The predicted molar refractivity (Wildman–Crippen MR) is 94.4 cm³/mol. The SMILES string of the molecule is N#CC(C#N)=CNc1c(Cl)c(Cl)c(O)c2c1C(=O)c1ccccc1C2=O. The van der Waals surface area contributed by atoms with Crippen molar-refractivity contribution in [2.75, 3.05) is 5.32 Å². The normalized spacial score (nSPS) is 11.7. The van der Waals surface area contributed by atoms with Crippen molar-refractivity contribution in [3.63, 3.8) is 0 Å². The molecule has 1 aliphatic carbocycles. The largest absolute Gasteiger partial charge is 0.506 e. The fourth-order valence-corrected chi connectivity index (χ4v) is 3.07. The summed E-state index contributed by atoms with van der Waals surface area (Å²) < 4.78 is 0. The fraction of sp³-hybridized carbons (Fsp3) is 0. The van der Waals surface area contributed by atoms with Crippen molar-refractivity contribution in [2.24, 2.45) is 0 Å². The first kappa shape index (κ1) is 17.5. The highest BCUT2D eigenvalue weighted by molar-refractivity contribution is 6.47. The number of phenols is 1. The summed E-state index contributed by atoms with van der Waals surface area (Å²) in [4.78, 5) is 25.7. The number of carbonyl (C=O) groups is 2. The van der Waals surface area contributed by atoms with Gasteiger partial charge in [0.1, 0.15) is 28.5 Å². The van der Waals surface area contributed by atoms with Crippen molar-refractivity contribution < 1.29 is 14.7 Å². The molecule has 0 amide bonds. The molecule has 2 N–H and O–H groups in total. The number of hydrogen-bond donors (Lipinski definition) is 2. The average molecular weight is 384 g/mol. The lowest BCUT2D eigenvalue weighted by Gasteiger charge is -2.22. The Balaban J connectivity index is 2.33. The number of nitrogens with zero attached hydrogens (tertiary/aromatic N) is 2. The van der Waals surface area contributed by atoms with Gasteiger partial charge in [-0.05, 0) is 0 Å². The number of nitrogens with one attached hydrogen (secondary N) is 1. The molecule has 26 heavy (non-hydrogen) atoms. The number of phenolic OH excluding ortho intramolecular Hbond substituents is 1. The molecule has 0 fully saturated rings. The number of allylic oxidation sites excluding steroid dienone is 1. The van der Waals surface area contributed by atoms with Crippen molar-refractivity contribution in [3.8, 4) is 17.9 Å². The Morgan fingerprint density at radius 3 is 2.08 bits per heavy atom. The van der Waals surface area contributed by atoms with E-state index in [1.165, 1.54) is 12.1 Å². The molecule has 2 aromatic carbocycles. The van der Waals surface area contributed by atoms with Gasteiger partial charge in [0.15, 0.2) is 11.6 Å². The highest BCUT2D eigenvalue weighted by Crippen LogP contribution is 2.46. The van der Waals surface area contributed by atoms with Crippen LogP contribution in [0.4, 0.5) is 5.69 Å². The highest BCUT2D eigenvalue weighted by atomic mass is 35.5. The lowest BCUT2D eigenvalue weighted by Crippen LogP contribution is -2.22. The highest BCUT2D eigenvalue weighted by Gasteiger charge is 2.36. The topological polar surface area (TPSA) is 114 Å². The first-order valence-electron chi connectivity index (χ1n) is 7.11. The molecular formula is C18H7Cl2N3O3. The number of nitriles is 2. The van der Waals surface area contributed by atoms with Crippen molar-refractivity contribution in [3.05, 3.63) is 68.3 Å². The number of fused-ring (bicyclic) bond motifs is 2. The third-order valence-corrected chi connectivity index (χ3v) is 4.67. The van der Waals surface area contributed by atoms with Crippen LogP contribution in [0.3, 0.4) is 0 Å². The van der Waals surface area contributed by atoms with Crippen molar-refractivity contribution in [1.29, 1.82) is 10.5 Å². The minimum Gasteiger partial charge on any atom is -0.506 e. The van der Waals surface area contributed by atoms with Gasteiger partial charge in [0.2, 0.25) is 0 Å². The molecule has 0 spiro atoms. The molecule has 6 nitrogen and oxygen atoms in total. The van der Waals surface area contributed by atoms with E-state index in [9.17, 15) is 14.7 Å². The van der Waals surface area contributed by atoms with Crippen molar-refractivity contribution in [1.82, 2.24) is 0 Å². The van der Waals surface area contributed by atoms with E-state index in [2.05, 4.69) is 5.32 Å². The first-order valence-corrected chi connectivity index (χ1v) is 7.87. The summed E-state index contributed by atoms with van der Waals surface area (Å²) in [6, 6.07) is 9.43. The Morgan fingerprint density at radius 1 is 1.00 bits per heavy atom. The van der Waals surface area contributed by atoms with Crippen molar-refractivity contribution >= 4 is 40.5 Å². The number of halogens is 2. The van der Waals surface area contributed by atoms with Crippen LogP contribution in [0.5, 0.6) is 5.75 Å². The number of anilines is 1.